The number of carbonyl (C=O) groups excluding carboxylic acids is 2. The molecule has 0 spiro atoms. The number of likely N-dealkylation sites (N-methyl/N-ethyl adjacent to an activating group) is 1. The first-order chi connectivity index (χ1) is 12.8. The fraction of sp³-hybridized carbons (Fsp3) is 0.350. The predicted octanol–water partition coefficient (Wildman–Crippen LogP) is 2.43. The molecule has 144 valence electrons. The SMILES string of the molecule is C#Cc1ccc(C)c(-c2nc(C(N)=O)cs2)c1.CC.CN1CCC(O)C1=O. The quantitative estimate of drug-likeness (QED) is 0.774. The molecular formula is C20H25N3O3S. The van der Waals surface area contributed by atoms with Crippen LogP contribution in [0.1, 0.15) is 41.9 Å². The van der Waals surface area contributed by atoms with Crippen molar-refractivity contribution in [1.29, 1.82) is 0 Å². The number of aryl methyl sites for hydroxylation is 1. The van der Waals surface area contributed by atoms with Crippen LogP contribution < -0.4 is 5.73 Å². The average molecular weight is 388 g/mol. The van der Waals surface area contributed by atoms with Crippen LogP contribution in [0.3, 0.4) is 0 Å². The largest absolute Gasteiger partial charge is 0.383 e. The maximum atomic E-state index is 11.0. The van der Waals surface area contributed by atoms with E-state index in [1.54, 1.807) is 12.4 Å². The van der Waals surface area contributed by atoms with Gasteiger partial charge in [0, 0.05) is 30.1 Å². The van der Waals surface area contributed by atoms with Gasteiger partial charge in [-0.1, -0.05) is 25.8 Å². The lowest BCUT2D eigenvalue weighted by Gasteiger charge is -2.04. The van der Waals surface area contributed by atoms with Crippen LogP contribution >= 0.6 is 11.3 Å². The Kier molecular flexibility index (Phi) is 8.66. The molecule has 1 fully saturated rings. The number of nitrogens with two attached hydrogens (primary N) is 1. The summed E-state index contributed by atoms with van der Waals surface area (Å²) in [5, 5.41) is 11.2. The number of hydrogen-bond acceptors (Lipinski definition) is 5. The van der Waals surface area contributed by atoms with Crippen molar-refractivity contribution in [3.63, 3.8) is 0 Å². The second-order valence-corrected chi connectivity index (χ2v) is 6.50. The van der Waals surface area contributed by atoms with Crippen molar-refractivity contribution < 1.29 is 14.7 Å². The van der Waals surface area contributed by atoms with Gasteiger partial charge in [0.2, 0.25) is 0 Å². The molecule has 0 aliphatic carbocycles. The van der Waals surface area contributed by atoms with E-state index in [-0.39, 0.29) is 11.6 Å². The Bertz CT molecular complexity index is 827. The first kappa shape index (κ1) is 22.4. The van der Waals surface area contributed by atoms with Crippen LogP contribution in [0.2, 0.25) is 0 Å². The van der Waals surface area contributed by atoms with Crippen molar-refractivity contribution in [2.75, 3.05) is 13.6 Å². The Morgan fingerprint density at radius 3 is 2.52 bits per heavy atom. The fourth-order valence-electron chi connectivity index (χ4n) is 2.26. The summed E-state index contributed by atoms with van der Waals surface area (Å²) in [6.07, 6.45) is 5.23. The van der Waals surface area contributed by atoms with E-state index in [1.165, 1.54) is 16.2 Å². The van der Waals surface area contributed by atoms with E-state index in [9.17, 15) is 9.59 Å². The zero-order valence-corrected chi connectivity index (χ0v) is 16.8. The van der Waals surface area contributed by atoms with Gasteiger partial charge < -0.3 is 15.7 Å². The van der Waals surface area contributed by atoms with Gasteiger partial charge in [-0.15, -0.1) is 17.8 Å². The second-order valence-electron chi connectivity index (χ2n) is 5.64. The summed E-state index contributed by atoms with van der Waals surface area (Å²) in [5.41, 5.74) is 8.26. The van der Waals surface area contributed by atoms with Crippen LogP contribution in [0.15, 0.2) is 23.6 Å². The number of rotatable bonds is 2. The van der Waals surface area contributed by atoms with Gasteiger partial charge in [-0.3, -0.25) is 9.59 Å². The highest BCUT2D eigenvalue weighted by Gasteiger charge is 2.25. The summed E-state index contributed by atoms with van der Waals surface area (Å²) >= 11 is 1.38. The number of benzene rings is 1. The van der Waals surface area contributed by atoms with Crippen LogP contribution in [-0.4, -0.2) is 46.5 Å². The van der Waals surface area contributed by atoms with E-state index >= 15 is 0 Å². The number of nitrogens with zero attached hydrogens (tertiary/aromatic N) is 2. The van der Waals surface area contributed by atoms with Crippen molar-refractivity contribution >= 4 is 23.2 Å². The normalized spacial score (nSPS) is 15.2. The van der Waals surface area contributed by atoms with Gasteiger partial charge in [-0.2, -0.15) is 0 Å². The van der Waals surface area contributed by atoms with Gasteiger partial charge in [-0.25, -0.2) is 4.98 Å². The first-order valence-electron chi connectivity index (χ1n) is 8.59. The van der Waals surface area contributed by atoms with Crippen molar-refractivity contribution in [2.24, 2.45) is 5.73 Å². The third-order valence-electron chi connectivity index (χ3n) is 3.79. The Labute approximate surface area is 164 Å². The number of thiazole rings is 1. The third-order valence-corrected chi connectivity index (χ3v) is 4.67. The number of likely N-dealkylation sites (tertiary alicyclic amines) is 1. The van der Waals surface area contributed by atoms with E-state index in [0.29, 0.717) is 13.0 Å². The van der Waals surface area contributed by atoms with Gasteiger partial charge in [0.1, 0.15) is 16.8 Å². The van der Waals surface area contributed by atoms with Gasteiger partial charge in [-0.05, 0) is 31.0 Å². The fourth-order valence-corrected chi connectivity index (χ4v) is 3.15. The monoisotopic (exact) mass is 387 g/mol. The smallest absolute Gasteiger partial charge is 0.268 e. The highest BCUT2D eigenvalue weighted by atomic mass is 32.1. The van der Waals surface area contributed by atoms with Gasteiger partial charge in [0.15, 0.2) is 0 Å². The standard InChI is InChI=1S/C13H10N2OS.C5H9NO2.C2H6/c1-3-9-5-4-8(2)10(6-9)13-15-11(7-17-13)12(14)16;1-6-3-2-4(7)5(6)8;1-2/h1,4-7H,2H3,(H2,14,16);4,7H,2-3H2,1H3;1-2H3. The zero-order valence-electron chi connectivity index (χ0n) is 16.0. The zero-order chi connectivity index (χ0) is 20.6. The molecule has 2 amide bonds. The molecule has 1 saturated heterocycles. The molecule has 27 heavy (non-hydrogen) atoms. The molecule has 7 heteroatoms. The predicted molar refractivity (Wildman–Crippen MR) is 108 cm³/mol. The maximum absolute atomic E-state index is 11.0. The van der Waals surface area contributed by atoms with Crippen molar-refractivity contribution in [2.45, 2.75) is 33.3 Å². The van der Waals surface area contributed by atoms with Crippen molar-refractivity contribution in [3.05, 3.63) is 40.4 Å². The number of aliphatic hydroxyl groups is 1. The molecule has 1 atom stereocenters. The molecule has 1 aliphatic rings. The van der Waals surface area contributed by atoms with E-state index in [0.717, 1.165) is 21.7 Å². The summed E-state index contributed by atoms with van der Waals surface area (Å²) < 4.78 is 0. The van der Waals surface area contributed by atoms with Gasteiger partial charge in [0.05, 0.1) is 0 Å². The minimum atomic E-state index is -0.722. The Morgan fingerprint density at radius 2 is 2.11 bits per heavy atom. The molecule has 1 aromatic heterocycles. The summed E-state index contributed by atoms with van der Waals surface area (Å²) in [7, 11) is 1.69. The lowest BCUT2D eigenvalue weighted by atomic mass is 10.1. The average Bonchev–Trinajstić information content (AvgIpc) is 3.28. The lowest BCUT2D eigenvalue weighted by molar-refractivity contribution is -0.133. The Balaban J connectivity index is 0.000000305. The van der Waals surface area contributed by atoms with Gasteiger partial charge in [0.25, 0.3) is 11.8 Å². The number of hydrogen-bond donors (Lipinski definition) is 2. The van der Waals surface area contributed by atoms with E-state index in [4.69, 9.17) is 17.3 Å². The maximum Gasteiger partial charge on any atom is 0.268 e. The minimum absolute atomic E-state index is 0.148. The van der Waals surface area contributed by atoms with Crippen LogP contribution in [-0.2, 0) is 4.79 Å². The molecule has 1 aliphatic heterocycles. The molecule has 1 aromatic carbocycles. The molecule has 2 heterocycles. The summed E-state index contributed by atoms with van der Waals surface area (Å²) in [4.78, 5) is 27.3. The van der Waals surface area contributed by atoms with Crippen LogP contribution in [0.5, 0.6) is 0 Å². The molecule has 0 bridgehead atoms. The van der Waals surface area contributed by atoms with Crippen molar-refractivity contribution in [3.8, 4) is 22.9 Å². The molecular weight excluding hydrogens is 362 g/mol. The molecule has 3 N–H and O–H groups in total. The lowest BCUT2D eigenvalue weighted by Crippen LogP contribution is -2.24. The molecule has 1 unspecified atom stereocenters. The highest BCUT2D eigenvalue weighted by Crippen LogP contribution is 2.27. The number of aliphatic hydroxyl groups excluding tert-OH is 1. The summed E-state index contributed by atoms with van der Waals surface area (Å²) in [6.45, 7) is 6.67. The van der Waals surface area contributed by atoms with Crippen LogP contribution in [0.25, 0.3) is 10.6 Å². The van der Waals surface area contributed by atoms with Crippen LogP contribution in [0.4, 0.5) is 0 Å². The first-order valence-corrected chi connectivity index (χ1v) is 9.47. The van der Waals surface area contributed by atoms with E-state index in [2.05, 4.69) is 10.9 Å². The highest BCUT2D eigenvalue weighted by molar-refractivity contribution is 7.13. The number of aromatic nitrogens is 1. The van der Waals surface area contributed by atoms with Crippen LogP contribution in [0, 0.1) is 19.3 Å². The topological polar surface area (TPSA) is 96.5 Å². The van der Waals surface area contributed by atoms with E-state index in [1.807, 2.05) is 39.0 Å². The Hall–Kier alpha value is -2.69. The summed E-state index contributed by atoms with van der Waals surface area (Å²) in [5.74, 6) is 1.92. The molecule has 0 saturated carbocycles. The Morgan fingerprint density at radius 1 is 1.44 bits per heavy atom. The molecule has 6 nitrogen and oxygen atoms in total. The number of carbonyl (C=O) groups is 2. The third kappa shape index (κ3) is 5.91. The second kappa shape index (κ2) is 10.5. The van der Waals surface area contributed by atoms with Gasteiger partial charge >= 0.3 is 0 Å². The molecule has 0 radical (unpaired) electrons. The molecule has 2 aromatic rings. The summed E-state index contributed by atoms with van der Waals surface area (Å²) in [6, 6.07) is 5.70. The number of primary amides is 1. The van der Waals surface area contributed by atoms with Crippen molar-refractivity contribution in [1.82, 2.24) is 9.88 Å². The minimum Gasteiger partial charge on any atom is -0.383 e. The number of amides is 2. The number of terminal acetylenes is 1. The van der Waals surface area contributed by atoms with E-state index < -0.39 is 12.0 Å². The molecule has 3 rings (SSSR count).